The van der Waals surface area contributed by atoms with E-state index in [9.17, 15) is 4.79 Å². The molecule has 42 heavy (non-hydrogen) atoms. The van der Waals surface area contributed by atoms with Crippen LogP contribution in [0.25, 0.3) is 28.3 Å². The number of pyridine rings is 1. The molecular formula is C33H29N7OS. The van der Waals surface area contributed by atoms with E-state index in [4.69, 9.17) is 9.97 Å². The maximum Gasteiger partial charge on any atom is 0.251 e. The molecule has 6 aromatic rings. The Labute approximate surface area is 247 Å². The first-order valence-corrected chi connectivity index (χ1v) is 14.8. The lowest BCUT2D eigenvalue weighted by atomic mass is 9.99. The van der Waals surface area contributed by atoms with Crippen LogP contribution in [0.1, 0.15) is 26.4 Å². The topological polar surface area (TPSA) is 87.5 Å². The molecular weight excluding hydrogens is 542 g/mol. The Morgan fingerprint density at radius 3 is 2.83 bits per heavy atom. The quantitative estimate of drug-likeness (QED) is 0.238. The number of aromatic nitrogens is 4. The minimum absolute atomic E-state index is 0.125. The van der Waals surface area contributed by atoms with Gasteiger partial charge in [0.05, 0.1) is 23.6 Å². The van der Waals surface area contributed by atoms with Gasteiger partial charge < -0.3 is 15.5 Å². The highest BCUT2D eigenvalue weighted by molar-refractivity contribution is 7.09. The zero-order valence-corrected chi connectivity index (χ0v) is 23.9. The van der Waals surface area contributed by atoms with Crippen LogP contribution in [0, 0.1) is 0 Å². The smallest absolute Gasteiger partial charge is 0.251 e. The van der Waals surface area contributed by atoms with Crippen molar-refractivity contribution in [3.8, 4) is 22.6 Å². The first kappa shape index (κ1) is 26.1. The van der Waals surface area contributed by atoms with Crippen molar-refractivity contribution in [1.82, 2.24) is 29.6 Å². The number of imidazole rings is 1. The number of hydrogen-bond donors (Lipinski definition) is 2. The van der Waals surface area contributed by atoms with Crippen LogP contribution >= 0.6 is 11.3 Å². The third-order valence-electron chi connectivity index (χ3n) is 7.50. The highest BCUT2D eigenvalue weighted by Gasteiger charge is 2.19. The molecule has 1 aliphatic heterocycles. The van der Waals surface area contributed by atoms with Gasteiger partial charge in [0.1, 0.15) is 5.65 Å². The highest BCUT2D eigenvalue weighted by atomic mass is 32.1. The summed E-state index contributed by atoms with van der Waals surface area (Å²) in [6.07, 6.45) is 4.80. The van der Waals surface area contributed by atoms with E-state index in [-0.39, 0.29) is 5.91 Å². The SMILES string of the molecule is CN1CCc2ccc(Nc3nccc(-c4c(-c5cccc(C(=O)NCc6cccs6)c5)nc5ccccn45)n3)cc2C1. The van der Waals surface area contributed by atoms with Crippen molar-refractivity contribution in [2.45, 2.75) is 19.5 Å². The number of carbonyl (C=O) groups is 1. The van der Waals surface area contributed by atoms with Crippen LogP contribution in [-0.4, -0.2) is 43.8 Å². The molecule has 1 amide bonds. The van der Waals surface area contributed by atoms with Crippen LogP contribution in [0.15, 0.2) is 96.6 Å². The van der Waals surface area contributed by atoms with Crippen LogP contribution in [-0.2, 0) is 19.5 Å². The molecule has 8 nitrogen and oxygen atoms in total. The fraction of sp³-hybridized carbons (Fsp3) is 0.152. The van der Waals surface area contributed by atoms with E-state index in [1.54, 1.807) is 17.5 Å². The standard InChI is InChI=1S/C33H29N7OS/c1-39-16-13-22-10-11-26(19-25(22)21-39)36-33-34-14-12-28(37-33)31-30(38-29-9-2-3-15-40(29)31)23-6-4-7-24(18-23)32(41)35-20-27-8-5-17-42-27/h2-12,14-15,17-19H,13,16,20-21H2,1H3,(H,35,41)(H,34,36,37). The summed E-state index contributed by atoms with van der Waals surface area (Å²) in [4.78, 5) is 30.9. The lowest BCUT2D eigenvalue weighted by molar-refractivity contribution is 0.0951. The van der Waals surface area contributed by atoms with Crippen molar-refractivity contribution in [2.75, 3.05) is 18.9 Å². The summed E-state index contributed by atoms with van der Waals surface area (Å²) in [5.41, 5.74) is 8.20. The lowest BCUT2D eigenvalue weighted by Crippen LogP contribution is -2.26. The van der Waals surface area contributed by atoms with E-state index >= 15 is 0 Å². The van der Waals surface area contributed by atoms with Crippen LogP contribution in [0.3, 0.4) is 0 Å². The zero-order valence-electron chi connectivity index (χ0n) is 23.1. The van der Waals surface area contributed by atoms with Gasteiger partial charge in [0.15, 0.2) is 0 Å². The molecule has 0 atom stereocenters. The number of rotatable bonds is 7. The molecule has 0 spiro atoms. The average molecular weight is 572 g/mol. The molecule has 0 saturated heterocycles. The first-order valence-electron chi connectivity index (χ1n) is 13.9. The van der Waals surface area contributed by atoms with Crippen molar-refractivity contribution >= 4 is 34.5 Å². The van der Waals surface area contributed by atoms with Gasteiger partial charge in [-0.3, -0.25) is 9.20 Å². The Morgan fingerprint density at radius 1 is 0.976 bits per heavy atom. The summed E-state index contributed by atoms with van der Waals surface area (Å²) in [5, 5.41) is 8.43. The number of fused-ring (bicyclic) bond motifs is 2. The third-order valence-corrected chi connectivity index (χ3v) is 8.37. The van der Waals surface area contributed by atoms with E-state index in [0.717, 1.165) is 58.4 Å². The monoisotopic (exact) mass is 571 g/mol. The van der Waals surface area contributed by atoms with Gasteiger partial charge in [-0.05, 0) is 78.5 Å². The second-order valence-corrected chi connectivity index (χ2v) is 11.5. The van der Waals surface area contributed by atoms with Gasteiger partial charge >= 0.3 is 0 Å². The summed E-state index contributed by atoms with van der Waals surface area (Å²) >= 11 is 1.62. The van der Waals surface area contributed by atoms with E-state index in [0.29, 0.717) is 18.1 Å². The summed E-state index contributed by atoms with van der Waals surface area (Å²) < 4.78 is 2.03. The Bertz CT molecular complexity index is 1900. The Hall–Kier alpha value is -4.86. The number of thiophene rings is 1. The molecule has 208 valence electrons. The van der Waals surface area contributed by atoms with Crippen molar-refractivity contribution in [1.29, 1.82) is 0 Å². The maximum absolute atomic E-state index is 13.0. The lowest BCUT2D eigenvalue weighted by Gasteiger charge is -2.25. The maximum atomic E-state index is 13.0. The molecule has 7 rings (SSSR count). The second kappa shape index (κ2) is 11.2. The van der Waals surface area contributed by atoms with Crippen molar-refractivity contribution in [3.05, 3.63) is 118 Å². The van der Waals surface area contributed by atoms with Crippen molar-refractivity contribution in [3.63, 3.8) is 0 Å². The fourth-order valence-electron chi connectivity index (χ4n) is 5.39. The molecule has 4 aromatic heterocycles. The molecule has 0 unspecified atom stereocenters. The molecule has 0 radical (unpaired) electrons. The van der Waals surface area contributed by atoms with Gasteiger partial charge in [0.2, 0.25) is 5.95 Å². The molecule has 2 aromatic carbocycles. The van der Waals surface area contributed by atoms with Gasteiger partial charge in [-0.1, -0.05) is 30.3 Å². The van der Waals surface area contributed by atoms with Gasteiger partial charge in [-0.15, -0.1) is 11.3 Å². The van der Waals surface area contributed by atoms with Crippen LogP contribution in [0.4, 0.5) is 11.6 Å². The second-order valence-electron chi connectivity index (χ2n) is 10.4. The van der Waals surface area contributed by atoms with Gasteiger partial charge in [0, 0.05) is 47.2 Å². The van der Waals surface area contributed by atoms with E-state index in [1.807, 2.05) is 76.6 Å². The number of hydrogen-bond acceptors (Lipinski definition) is 7. The molecule has 2 N–H and O–H groups in total. The Kier molecular flexibility index (Phi) is 6.95. The molecule has 5 heterocycles. The number of nitrogens with zero attached hydrogens (tertiary/aromatic N) is 5. The number of benzene rings is 2. The average Bonchev–Trinajstić information content (AvgIpc) is 3.68. The molecule has 0 aliphatic carbocycles. The Balaban J connectivity index is 1.22. The van der Waals surface area contributed by atoms with Crippen molar-refractivity contribution in [2.24, 2.45) is 0 Å². The molecule has 0 bridgehead atoms. The summed E-state index contributed by atoms with van der Waals surface area (Å²) in [6.45, 7) is 2.51. The number of nitrogens with one attached hydrogen (secondary N) is 2. The number of carbonyl (C=O) groups excluding carboxylic acids is 1. The van der Waals surface area contributed by atoms with Crippen LogP contribution in [0.2, 0.25) is 0 Å². The third kappa shape index (κ3) is 5.27. The molecule has 0 saturated carbocycles. The fourth-order valence-corrected chi connectivity index (χ4v) is 6.03. The van der Waals surface area contributed by atoms with Crippen LogP contribution in [0.5, 0.6) is 0 Å². The number of amides is 1. The minimum atomic E-state index is -0.125. The van der Waals surface area contributed by atoms with E-state index in [1.165, 1.54) is 11.1 Å². The molecule has 1 aliphatic rings. The summed E-state index contributed by atoms with van der Waals surface area (Å²) in [7, 11) is 2.15. The highest BCUT2D eigenvalue weighted by Crippen LogP contribution is 2.33. The van der Waals surface area contributed by atoms with E-state index < -0.39 is 0 Å². The molecule has 9 heteroatoms. The predicted molar refractivity (Wildman–Crippen MR) is 167 cm³/mol. The first-order chi connectivity index (χ1) is 20.6. The van der Waals surface area contributed by atoms with Crippen molar-refractivity contribution < 1.29 is 4.79 Å². The predicted octanol–water partition coefficient (Wildman–Crippen LogP) is 6.18. The van der Waals surface area contributed by atoms with E-state index in [2.05, 4.69) is 45.8 Å². The summed E-state index contributed by atoms with van der Waals surface area (Å²) in [6, 6.07) is 25.9. The number of anilines is 2. The van der Waals surface area contributed by atoms with Crippen LogP contribution < -0.4 is 10.6 Å². The normalized spacial score (nSPS) is 13.2. The Morgan fingerprint density at radius 2 is 1.93 bits per heavy atom. The molecule has 0 fully saturated rings. The largest absolute Gasteiger partial charge is 0.347 e. The van der Waals surface area contributed by atoms with Gasteiger partial charge in [-0.2, -0.15) is 0 Å². The summed E-state index contributed by atoms with van der Waals surface area (Å²) in [5.74, 6) is 0.385. The number of likely N-dealkylation sites (N-methyl/N-ethyl adjacent to an activating group) is 1. The van der Waals surface area contributed by atoms with Gasteiger partial charge in [-0.25, -0.2) is 15.0 Å². The van der Waals surface area contributed by atoms with Gasteiger partial charge in [0.25, 0.3) is 5.91 Å². The zero-order chi connectivity index (χ0) is 28.5. The minimum Gasteiger partial charge on any atom is -0.347 e.